The van der Waals surface area contributed by atoms with Crippen LogP contribution in [0.25, 0.3) is 0 Å². The van der Waals surface area contributed by atoms with Crippen molar-refractivity contribution in [2.45, 2.75) is 26.4 Å². The summed E-state index contributed by atoms with van der Waals surface area (Å²) in [4.78, 5) is 18.5. The maximum atomic E-state index is 11.9. The van der Waals surface area contributed by atoms with Crippen molar-refractivity contribution in [3.8, 4) is 5.88 Å². The lowest BCUT2D eigenvalue weighted by Gasteiger charge is -2.26. The van der Waals surface area contributed by atoms with E-state index in [4.69, 9.17) is 4.74 Å². The quantitative estimate of drug-likeness (QED) is 0.864. The van der Waals surface area contributed by atoms with Gasteiger partial charge in [-0.05, 0) is 12.5 Å². The zero-order valence-electron chi connectivity index (χ0n) is 13.4. The lowest BCUT2D eigenvalue weighted by Crippen LogP contribution is -2.31. The van der Waals surface area contributed by atoms with Crippen LogP contribution in [0.4, 0.5) is 0 Å². The van der Waals surface area contributed by atoms with E-state index in [0.717, 1.165) is 36.3 Å². The molecule has 0 atom stereocenters. The Hall–Kier alpha value is -2.41. The Bertz CT molecular complexity index is 680. The molecule has 23 heavy (non-hydrogen) atoms. The van der Waals surface area contributed by atoms with Gasteiger partial charge in [0.1, 0.15) is 0 Å². The van der Waals surface area contributed by atoms with E-state index in [1.807, 2.05) is 25.3 Å². The minimum absolute atomic E-state index is 0.146. The zero-order chi connectivity index (χ0) is 16.2. The number of nitrogens with one attached hydrogen (secondary N) is 2. The maximum Gasteiger partial charge on any atom is 0.271 e. The van der Waals surface area contributed by atoms with Crippen molar-refractivity contribution in [3.05, 3.63) is 40.8 Å². The average molecular weight is 315 g/mol. The third-order valence-electron chi connectivity index (χ3n) is 3.95. The molecule has 0 saturated carbocycles. The number of nitrogens with zero attached hydrogens (tertiary/aromatic N) is 3. The van der Waals surface area contributed by atoms with E-state index >= 15 is 0 Å². The van der Waals surface area contributed by atoms with Crippen LogP contribution in [-0.2, 0) is 19.5 Å². The highest BCUT2D eigenvalue weighted by atomic mass is 16.5. The Labute approximate surface area is 135 Å². The second kappa shape index (κ2) is 6.78. The van der Waals surface area contributed by atoms with E-state index in [9.17, 15) is 4.79 Å². The number of aromatic nitrogens is 3. The number of ether oxygens (including phenoxy) is 1. The van der Waals surface area contributed by atoms with Gasteiger partial charge in [0, 0.05) is 56.6 Å². The Morgan fingerprint density at radius 1 is 1.48 bits per heavy atom. The molecule has 7 heteroatoms. The SMILES string of the molecule is CCOc1ccc(CN2CCc3[nH]nc(C(=O)NC)c3C2)cn1. The van der Waals surface area contributed by atoms with Crippen LogP contribution in [0, 0.1) is 0 Å². The van der Waals surface area contributed by atoms with E-state index in [1.165, 1.54) is 0 Å². The van der Waals surface area contributed by atoms with Gasteiger partial charge in [-0.1, -0.05) is 6.07 Å². The number of rotatable bonds is 5. The summed E-state index contributed by atoms with van der Waals surface area (Å²) in [5, 5.41) is 9.77. The number of hydrogen-bond donors (Lipinski definition) is 2. The van der Waals surface area contributed by atoms with Crippen LogP contribution >= 0.6 is 0 Å². The number of H-pyrrole nitrogens is 1. The molecule has 3 heterocycles. The van der Waals surface area contributed by atoms with Crippen molar-refractivity contribution in [2.75, 3.05) is 20.2 Å². The summed E-state index contributed by atoms with van der Waals surface area (Å²) in [6, 6.07) is 3.92. The second-order valence-corrected chi connectivity index (χ2v) is 5.51. The summed E-state index contributed by atoms with van der Waals surface area (Å²) in [7, 11) is 1.62. The van der Waals surface area contributed by atoms with Crippen LogP contribution < -0.4 is 10.1 Å². The number of hydrogen-bond acceptors (Lipinski definition) is 5. The first kappa shape index (κ1) is 15.5. The fourth-order valence-corrected chi connectivity index (χ4v) is 2.79. The predicted molar refractivity (Wildman–Crippen MR) is 85.2 cm³/mol. The van der Waals surface area contributed by atoms with Crippen molar-refractivity contribution in [3.63, 3.8) is 0 Å². The first-order valence-corrected chi connectivity index (χ1v) is 7.79. The van der Waals surface area contributed by atoms with Crippen molar-refractivity contribution in [1.82, 2.24) is 25.4 Å². The Kier molecular flexibility index (Phi) is 4.57. The van der Waals surface area contributed by atoms with Gasteiger partial charge in [-0.3, -0.25) is 14.8 Å². The molecule has 7 nitrogen and oxygen atoms in total. The summed E-state index contributed by atoms with van der Waals surface area (Å²) < 4.78 is 5.36. The standard InChI is InChI=1S/C16H21N5O2/c1-3-23-14-5-4-11(8-18-14)9-21-7-6-13-12(10-21)15(20-19-13)16(22)17-2/h4-5,8H,3,6-7,9-10H2,1-2H3,(H,17,22)(H,19,20). The Morgan fingerprint density at radius 3 is 3.04 bits per heavy atom. The fourth-order valence-electron chi connectivity index (χ4n) is 2.79. The highest BCUT2D eigenvalue weighted by Crippen LogP contribution is 2.22. The summed E-state index contributed by atoms with van der Waals surface area (Å²) in [6.07, 6.45) is 2.71. The normalized spacial score (nSPS) is 14.3. The lowest BCUT2D eigenvalue weighted by molar-refractivity contribution is 0.0955. The summed E-state index contributed by atoms with van der Waals surface area (Å²) >= 11 is 0. The largest absolute Gasteiger partial charge is 0.478 e. The molecule has 2 N–H and O–H groups in total. The fraction of sp³-hybridized carbons (Fsp3) is 0.438. The molecule has 0 fully saturated rings. The molecule has 3 rings (SSSR count). The van der Waals surface area contributed by atoms with Crippen LogP contribution in [0.5, 0.6) is 5.88 Å². The predicted octanol–water partition coefficient (Wildman–Crippen LogP) is 1.12. The number of amides is 1. The van der Waals surface area contributed by atoms with Gasteiger partial charge in [-0.25, -0.2) is 4.98 Å². The first-order valence-electron chi connectivity index (χ1n) is 7.79. The average Bonchev–Trinajstić information content (AvgIpc) is 2.99. The minimum atomic E-state index is -0.146. The van der Waals surface area contributed by atoms with Crippen molar-refractivity contribution < 1.29 is 9.53 Å². The van der Waals surface area contributed by atoms with E-state index in [2.05, 4.69) is 25.4 Å². The van der Waals surface area contributed by atoms with Crippen LogP contribution in [0.3, 0.4) is 0 Å². The second-order valence-electron chi connectivity index (χ2n) is 5.51. The Morgan fingerprint density at radius 2 is 2.35 bits per heavy atom. The number of aromatic amines is 1. The van der Waals surface area contributed by atoms with Gasteiger partial charge in [-0.2, -0.15) is 5.10 Å². The highest BCUT2D eigenvalue weighted by Gasteiger charge is 2.24. The van der Waals surface area contributed by atoms with Crippen LogP contribution in [0.2, 0.25) is 0 Å². The maximum absolute atomic E-state index is 11.9. The van der Waals surface area contributed by atoms with E-state index in [1.54, 1.807) is 7.05 Å². The molecule has 2 aromatic heterocycles. The molecule has 1 aliphatic heterocycles. The number of fused-ring (bicyclic) bond motifs is 1. The van der Waals surface area contributed by atoms with Gasteiger partial charge >= 0.3 is 0 Å². The molecule has 2 aromatic rings. The van der Waals surface area contributed by atoms with Crippen molar-refractivity contribution in [2.24, 2.45) is 0 Å². The number of carbonyl (C=O) groups is 1. The third kappa shape index (κ3) is 3.34. The van der Waals surface area contributed by atoms with E-state index in [0.29, 0.717) is 24.7 Å². The molecule has 1 amide bonds. The summed E-state index contributed by atoms with van der Waals surface area (Å²) in [5.41, 5.74) is 3.68. The number of pyridine rings is 1. The van der Waals surface area contributed by atoms with Crippen LogP contribution in [0.15, 0.2) is 18.3 Å². The van der Waals surface area contributed by atoms with Gasteiger partial charge in [0.25, 0.3) is 5.91 Å². The molecule has 0 aliphatic carbocycles. The highest BCUT2D eigenvalue weighted by molar-refractivity contribution is 5.93. The lowest BCUT2D eigenvalue weighted by atomic mass is 10.0. The van der Waals surface area contributed by atoms with Crippen molar-refractivity contribution in [1.29, 1.82) is 0 Å². The van der Waals surface area contributed by atoms with Crippen LogP contribution in [0.1, 0.15) is 34.2 Å². The molecule has 0 aromatic carbocycles. The molecule has 0 unspecified atom stereocenters. The third-order valence-corrected chi connectivity index (χ3v) is 3.95. The van der Waals surface area contributed by atoms with Crippen LogP contribution in [-0.4, -0.2) is 46.2 Å². The van der Waals surface area contributed by atoms with Crippen molar-refractivity contribution >= 4 is 5.91 Å². The Balaban J connectivity index is 1.69. The molecular weight excluding hydrogens is 294 g/mol. The molecular formula is C16H21N5O2. The smallest absolute Gasteiger partial charge is 0.271 e. The van der Waals surface area contributed by atoms with E-state index < -0.39 is 0 Å². The topological polar surface area (TPSA) is 83.1 Å². The molecule has 0 bridgehead atoms. The van der Waals surface area contributed by atoms with Gasteiger partial charge in [0.15, 0.2) is 5.69 Å². The molecule has 0 spiro atoms. The van der Waals surface area contributed by atoms with Gasteiger partial charge in [0.2, 0.25) is 5.88 Å². The molecule has 0 saturated heterocycles. The minimum Gasteiger partial charge on any atom is -0.478 e. The molecule has 1 aliphatic rings. The van der Waals surface area contributed by atoms with Gasteiger partial charge < -0.3 is 10.1 Å². The molecule has 0 radical (unpaired) electrons. The number of carbonyl (C=O) groups excluding carboxylic acids is 1. The van der Waals surface area contributed by atoms with Gasteiger partial charge in [-0.15, -0.1) is 0 Å². The van der Waals surface area contributed by atoms with E-state index in [-0.39, 0.29) is 5.91 Å². The zero-order valence-corrected chi connectivity index (χ0v) is 13.4. The van der Waals surface area contributed by atoms with Gasteiger partial charge in [0.05, 0.1) is 6.61 Å². The first-order chi connectivity index (χ1) is 11.2. The molecule has 122 valence electrons. The summed E-state index contributed by atoms with van der Waals surface area (Å²) in [5.74, 6) is 0.501. The monoisotopic (exact) mass is 315 g/mol. The summed E-state index contributed by atoms with van der Waals surface area (Å²) in [6.45, 7) is 4.98.